The minimum Gasteiger partial charge on any atom is -0.495 e. The molecule has 8 heteroatoms. The fraction of sp³-hybridized carbons (Fsp3) is 0.211. The standard InChI is InChI=1S/C19H19ClN4O2S/c1-12(18(25)21-15-10-6-7-11-16(15)26-3)27-19-23-22-17(24(19)2)13-8-4-5-9-14(13)20/h4-12H,1-3H3,(H,21,25). The zero-order valence-corrected chi connectivity index (χ0v) is 16.7. The van der Waals surface area contributed by atoms with Crippen molar-refractivity contribution in [1.29, 1.82) is 0 Å². The number of methoxy groups -OCH3 is 1. The van der Waals surface area contributed by atoms with Gasteiger partial charge in [0.1, 0.15) is 5.75 Å². The number of carbonyl (C=O) groups is 1. The first-order chi connectivity index (χ1) is 13.0. The summed E-state index contributed by atoms with van der Waals surface area (Å²) in [5, 5.41) is 12.2. The predicted octanol–water partition coefficient (Wildman–Crippen LogP) is 4.26. The van der Waals surface area contributed by atoms with Crippen molar-refractivity contribution in [2.75, 3.05) is 12.4 Å². The van der Waals surface area contributed by atoms with Crippen molar-refractivity contribution in [2.45, 2.75) is 17.3 Å². The number of hydrogen-bond donors (Lipinski definition) is 1. The van der Waals surface area contributed by atoms with Crippen LogP contribution in [0.1, 0.15) is 6.92 Å². The zero-order valence-electron chi connectivity index (χ0n) is 15.1. The monoisotopic (exact) mass is 402 g/mol. The predicted molar refractivity (Wildman–Crippen MR) is 108 cm³/mol. The van der Waals surface area contributed by atoms with Gasteiger partial charge in [0.2, 0.25) is 5.91 Å². The van der Waals surface area contributed by atoms with Crippen LogP contribution in [0.15, 0.2) is 53.7 Å². The summed E-state index contributed by atoms with van der Waals surface area (Å²) in [4.78, 5) is 12.6. The normalized spacial score (nSPS) is 11.9. The van der Waals surface area contributed by atoms with Gasteiger partial charge in [0.25, 0.3) is 0 Å². The SMILES string of the molecule is COc1ccccc1NC(=O)C(C)Sc1nnc(-c2ccccc2Cl)n1C. The Bertz CT molecular complexity index is 960. The average Bonchev–Trinajstić information content (AvgIpc) is 3.03. The molecule has 0 saturated heterocycles. The Morgan fingerprint density at radius 1 is 1.19 bits per heavy atom. The molecule has 0 aliphatic carbocycles. The Morgan fingerprint density at radius 3 is 2.63 bits per heavy atom. The zero-order chi connectivity index (χ0) is 19.4. The molecule has 0 bridgehead atoms. The molecule has 140 valence electrons. The number of thioether (sulfide) groups is 1. The van der Waals surface area contributed by atoms with E-state index in [0.717, 1.165) is 5.56 Å². The molecule has 2 aromatic carbocycles. The molecule has 0 aliphatic rings. The summed E-state index contributed by atoms with van der Waals surface area (Å²) >= 11 is 7.58. The van der Waals surface area contributed by atoms with Gasteiger partial charge in [-0.15, -0.1) is 10.2 Å². The number of nitrogens with one attached hydrogen (secondary N) is 1. The van der Waals surface area contributed by atoms with Gasteiger partial charge in [-0.3, -0.25) is 4.79 Å². The molecular weight excluding hydrogens is 384 g/mol. The molecular formula is C19H19ClN4O2S. The van der Waals surface area contributed by atoms with Crippen molar-refractivity contribution < 1.29 is 9.53 Å². The molecule has 3 rings (SSSR count). The molecule has 0 fully saturated rings. The molecule has 0 spiro atoms. The first-order valence-corrected chi connectivity index (χ1v) is 9.52. The molecule has 0 saturated carbocycles. The first kappa shape index (κ1) is 19.3. The highest BCUT2D eigenvalue weighted by atomic mass is 35.5. The summed E-state index contributed by atoms with van der Waals surface area (Å²) < 4.78 is 7.10. The molecule has 3 aromatic rings. The maximum atomic E-state index is 12.6. The molecule has 27 heavy (non-hydrogen) atoms. The minimum atomic E-state index is -0.378. The van der Waals surface area contributed by atoms with Crippen molar-refractivity contribution in [3.63, 3.8) is 0 Å². The highest BCUT2D eigenvalue weighted by Gasteiger charge is 2.21. The Labute approximate surface area is 166 Å². The highest BCUT2D eigenvalue weighted by molar-refractivity contribution is 8.00. The Balaban J connectivity index is 1.74. The molecule has 1 amide bonds. The van der Waals surface area contributed by atoms with Crippen molar-refractivity contribution in [3.8, 4) is 17.1 Å². The molecule has 1 aromatic heterocycles. The summed E-state index contributed by atoms with van der Waals surface area (Å²) in [5.74, 6) is 1.12. The fourth-order valence-electron chi connectivity index (χ4n) is 2.49. The van der Waals surface area contributed by atoms with Crippen LogP contribution in [0.25, 0.3) is 11.4 Å². The largest absolute Gasteiger partial charge is 0.495 e. The number of amides is 1. The van der Waals surface area contributed by atoms with Crippen LogP contribution in [0.2, 0.25) is 5.02 Å². The lowest BCUT2D eigenvalue weighted by molar-refractivity contribution is -0.115. The second-order valence-electron chi connectivity index (χ2n) is 5.79. The van der Waals surface area contributed by atoms with Crippen LogP contribution in [0.3, 0.4) is 0 Å². The quantitative estimate of drug-likeness (QED) is 0.624. The number of rotatable bonds is 6. The number of nitrogens with zero attached hydrogens (tertiary/aromatic N) is 3. The molecule has 1 atom stereocenters. The van der Waals surface area contributed by atoms with E-state index in [1.165, 1.54) is 11.8 Å². The minimum absolute atomic E-state index is 0.146. The third-order valence-electron chi connectivity index (χ3n) is 3.97. The van der Waals surface area contributed by atoms with E-state index < -0.39 is 0 Å². The van der Waals surface area contributed by atoms with Crippen molar-refractivity contribution in [1.82, 2.24) is 14.8 Å². The van der Waals surface area contributed by atoms with E-state index in [4.69, 9.17) is 16.3 Å². The average molecular weight is 403 g/mol. The maximum Gasteiger partial charge on any atom is 0.237 e. The third kappa shape index (κ3) is 4.26. The number of aromatic nitrogens is 3. The lowest BCUT2D eigenvalue weighted by Crippen LogP contribution is -2.23. The molecule has 1 unspecified atom stereocenters. The second kappa shape index (κ2) is 8.45. The number of halogens is 1. The van der Waals surface area contributed by atoms with Crippen LogP contribution in [0, 0.1) is 0 Å². The van der Waals surface area contributed by atoms with Gasteiger partial charge in [-0.25, -0.2) is 0 Å². The van der Waals surface area contributed by atoms with Gasteiger partial charge in [-0.2, -0.15) is 0 Å². The fourth-order valence-corrected chi connectivity index (χ4v) is 3.52. The topological polar surface area (TPSA) is 69.0 Å². The van der Waals surface area contributed by atoms with Gasteiger partial charge in [0.15, 0.2) is 11.0 Å². The summed E-state index contributed by atoms with van der Waals surface area (Å²) in [7, 11) is 3.42. The van der Waals surface area contributed by atoms with E-state index >= 15 is 0 Å². The van der Waals surface area contributed by atoms with E-state index in [-0.39, 0.29) is 11.2 Å². The molecule has 1 N–H and O–H groups in total. The van der Waals surface area contributed by atoms with Crippen LogP contribution in [-0.4, -0.2) is 33.0 Å². The van der Waals surface area contributed by atoms with Crippen LogP contribution >= 0.6 is 23.4 Å². The summed E-state index contributed by atoms with van der Waals surface area (Å²) in [6, 6.07) is 14.7. The Morgan fingerprint density at radius 2 is 1.89 bits per heavy atom. The van der Waals surface area contributed by atoms with Crippen molar-refractivity contribution in [2.24, 2.45) is 7.05 Å². The maximum absolute atomic E-state index is 12.6. The Hall–Kier alpha value is -2.51. The van der Waals surface area contributed by atoms with Crippen molar-refractivity contribution in [3.05, 3.63) is 53.6 Å². The lowest BCUT2D eigenvalue weighted by atomic mass is 10.2. The number of hydrogen-bond acceptors (Lipinski definition) is 5. The van der Waals surface area contributed by atoms with Crippen molar-refractivity contribution >= 4 is 35.0 Å². The number of benzene rings is 2. The van der Waals surface area contributed by atoms with Gasteiger partial charge in [0.05, 0.1) is 23.1 Å². The molecule has 1 heterocycles. The third-order valence-corrected chi connectivity index (χ3v) is 5.43. The Kier molecular flexibility index (Phi) is 6.03. The molecule has 0 radical (unpaired) electrons. The van der Waals surface area contributed by atoms with E-state index in [2.05, 4.69) is 15.5 Å². The molecule has 0 aliphatic heterocycles. The highest BCUT2D eigenvalue weighted by Crippen LogP contribution is 2.30. The lowest BCUT2D eigenvalue weighted by Gasteiger charge is -2.13. The van der Waals surface area contributed by atoms with Gasteiger partial charge in [-0.05, 0) is 31.2 Å². The van der Waals surface area contributed by atoms with Gasteiger partial charge < -0.3 is 14.6 Å². The molecule has 6 nitrogen and oxygen atoms in total. The van der Waals surface area contributed by atoms with Crippen LogP contribution in [0.4, 0.5) is 5.69 Å². The van der Waals surface area contributed by atoms with Gasteiger partial charge >= 0.3 is 0 Å². The van der Waals surface area contributed by atoms with E-state index in [0.29, 0.717) is 27.4 Å². The smallest absolute Gasteiger partial charge is 0.237 e. The summed E-state index contributed by atoms with van der Waals surface area (Å²) in [5.41, 5.74) is 1.43. The number of para-hydroxylation sites is 2. The van der Waals surface area contributed by atoms with E-state index in [9.17, 15) is 4.79 Å². The van der Waals surface area contributed by atoms with Gasteiger partial charge in [0, 0.05) is 12.6 Å². The summed E-state index contributed by atoms with van der Waals surface area (Å²) in [6.45, 7) is 1.82. The van der Waals surface area contributed by atoms with Crippen LogP contribution in [0.5, 0.6) is 5.75 Å². The summed E-state index contributed by atoms with van der Waals surface area (Å²) in [6.07, 6.45) is 0. The van der Waals surface area contributed by atoms with Gasteiger partial charge in [-0.1, -0.05) is 47.6 Å². The van der Waals surface area contributed by atoms with Crippen LogP contribution < -0.4 is 10.1 Å². The van der Waals surface area contributed by atoms with E-state index in [1.54, 1.807) is 19.2 Å². The van der Waals surface area contributed by atoms with Crippen LogP contribution in [-0.2, 0) is 11.8 Å². The first-order valence-electron chi connectivity index (χ1n) is 8.26. The number of ether oxygens (including phenoxy) is 1. The number of carbonyl (C=O) groups excluding carboxylic acids is 1. The number of anilines is 1. The second-order valence-corrected chi connectivity index (χ2v) is 7.51. The van der Waals surface area contributed by atoms with E-state index in [1.807, 2.05) is 54.9 Å².